The second-order valence-corrected chi connectivity index (χ2v) is 6.32. The summed E-state index contributed by atoms with van der Waals surface area (Å²) in [4.78, 5) is 35.6. The van der Waals surface area contributed by atoms with Crippen molar-refractivity contribution in [3.05, 3.63) is 47.4 Å². The molecule has 3 rings (SSSR count). The van der Waals surface area contributed by atoms with Crippen LogP contribution < -0.4 is 10.1 Å². The second kappa shape index (κ2) is 8.48. The number of piperazine rings is 1. The molecule has 2 heterocycles. The second-order valence-electron chi connectivity index (χ2n) is 6.32. The third-order valence-electron chi connectivity index (χ3n) is 4.44. The fourth-order valence-corrected chi connectivity index (χ4v) is 2.90. The van der Waals surface area contributed by atoms with Gasteiger partial charge in [0.15, 0.2) is 0 Å². The van der Waals surface area contributed by atoms with Crippen LogP contribution in [-0.2, 0) is 11.3 Å². The molecule has 2 amide bonds. The Bertz CT molecular complexity index is 801. The molecule has 1 aliphatic rings. The first-order chi connectivity index (χ1) is 13.1. The lowest BCUT2D eigenvalue weighted by Crippen LogP contribution is -2.48. The van der Waals surface area contributed by atoms with Gasteiger partial charge in [-0.15, -0.1) is 0 Å². The van der Waals surface area contributed by atoms with E-state index in [0.29, 0.717) is 50.1 Å². The highest BCUT2D eigenvalue weighted by Crippen LogP contribution is 2.14. The molecule has 0 radical (unpaired) electrons. The minimum absolute atomic E-state index is 0.140. The third kappa shape index (κ3) is 4.72. The maximum Gasteiger partial charge on any atom is 0.272 e. The maximum atomic E-state index is 12.7. The predicted molar refractivity (Wildman–Crippen MR) is 101 cm³/mol. The van der Waals surface area contributed by atoms with E-state index >= 15 is 0 Å². The van der Waals surface area contributed by atoms with Crippen molar-refractivity contribution in [3.63, 3.8) is 0 Å². The molecule has 8 nitrogen and oxygen atoms in total. The highest BCUT2D eigenvalue weighted by molar-refractivity contribution is 5.93. The van der Waals surface area contributed by atoms with E-state index in [1.807, 2.05) is 24.3 Å². The summed E-state index contributed by atoms with van der Waals surface area (Å²) in [6.07, 6.45) is 0.817. The molecule has 1 fully saturated rings. The number of carbonyl (C=O) groups is 2. The zero-order valence-corrected chi connectivity index (χ0v) is 15.5. The number of hydrogen-bond acceptors (Lipinski definition) is 6. The topological polar surface area (TPSA) is 87.7 Å². The van der Waals surface area contributed by atoms with Gasteiger partial charge in [0.1, 0.15) is 23.1 Å². The highest BCUT2D eigenvalue weighted by atomic mass is 16.5. The molecule has 0 aliphatic carbocycles. The zero-order chi connectivity index (χ0) is 19.2. The van der Waals surface area contributed by atoms with Crippen LogP contribution >= 0.6 is 0 Å². The van der Waals surface area contributed by atoms with Crippen molar-refractivity contribution < 1.29 is 14.3 Å². The molecule has 0 unspecified atom stereocenters. The van der Waals surface area contributed by atoms with Crippen LogP contribution in [0, 0.1) is 6.92 Å². The Balaban J connectivity index is 1.66. The summed E-state index contributed by atoms with van der Waals surface area (Å²) in [6, 6.07) is 9.41. The van der Waals surface area contributed by atoms with Crippen LogP contribution in [0.15, 0.2) is 30.3 Å². The highest BCUT2D eigenvalue weighted by Gasteiger charge is 2.23. The van der Waals surface area contributed by atoms with Gasteiger partial charge in [0, 0.05) is 38.8 Å². The van der Waals surface area contributed by atoms with E-state index in [0.717, 1.165) is 17.7 Å². The number of ether oxygens (including phenoxy) is 1. The van der Waals surface area contributed by atoms with Gasteiger partial charge < -0.3 is 19.9 Å². The van der Waals surface area contributed by atoms with Crippen molar-refractivity contribution in [2.24, 2.45) is 0 Å². The standard InChI is InChI=1S/C19H23N5O3/c1-14-21-17(19(26)24-9-7-23(13-25)8-10-24)11-18(22-14)20-12-15-3-5-16(27-2)6-4-15/h3-6,11,13H,7-10,12H2,1-2H3,(H,20,21,22). The number of aryl methyl sites for hydroxylation is 1. The zero-order valence-electron chi connectivity index (χ0n) is 15.5. The minimum atomic E-state index is -0.140. The first-order valence-electron chi connectivity index (χ1n) is 8.80. The average molecular weight is 369 g/mol. The van der Waals surface area contributed by atoms with E-state index in [9.17, 15) is 9.59 Å². The normalized spacial score (nSPS) is 14.0. The SMILES string of the molecule is COc1ccc(CNc2cc(C(=O)N3CCN(C=O)CC3)nc(C)n2)cc1. The van der Waals surface area contributed by atoms with Gasteiger partial charge in [0.05, 0.1) is 7.11 Å². The number of benzene rings is 1. The van der Waals surface area contributed by atoms with Crippen LogP contribution in [0.25, 0.3) is 0 Å². The average Bonchev–Trinajstić information content (AvgIpc) is 2.71. The van der Waals surface area contributed by atoms with Gasteiger partial charge >= 0.3 is 0 Å². The summed E-state index contributed by atoms with van der Waals surface area (Å²) in [5.74, 6) is 1.80. The first kappa shape index (κ1) is 18.6. The fourth-order valence-electron chi connectivity index (χ4n) is 2.90. The smallest absolute Gasteiger partial charge is 0.272 e. The number of amides is 2. The molecule has 142 valence electrons. The number of nitrogens with one attached hydrogen (secondary N) is 1. The lowest BCUT2D eigenvalue weighted by atomic mass is 10.2. The van der Waals surface area contributed by atoms with Crippen molar-refractivity contribution >= 4 is 18.1 Å². The predicted octanol–water partition coefficient (Wildman–Crippen LogP) is 1.32. The Morgan fingerprint density at radius 2 is 1.89 bits per heavy atom. The van der Waals surface area contributed by atoms with Crippen molar-refractivity contribution in [1.82, 2.24) is 19.8 Å². The van der Waals surface area contributed by atoms with E-state index in [-0.39, 0.29) is 5.91 Å². The molecule has 0 atom stereocenters. The molecule has 27 heavy (non-hydrogen) atoms. The summed E-state index contributed by atoms with van der Waals surface area (Å²) in [6.45, 7) is 4.44. The van der Waals surface area contributed by atoms with Gasteiger partial charge in [-0.1, -0.05) is 12.1 Å². The van der Waals surface area contributed by atoms with Gasteiger partial charge in [0.25, 0.3) is 5.91 Å². The van der Waals surface area contributed by atoms with Crippen LogP contribution in [0.5, 0.6) is 5.75 Å². The summed E-state index contributed by atoms with van der Waals surface area (Å²) in [5.41, 5.74) is 1.43. The lowest BCUT2D eigenvalue weighted by Gasteiger charge is -2.32. The summed E-state index contributed by atoms with van der Waals surface area (Å²) >= 11 is 0. The van der Waals surface area contributed by atoms with Gasteiger partial charge in [-0.3, -0.25) is 9.59 Å². The number of carbonyl (C=O) groups excluding carboxylic acids is 2. The van der Waals surface area contributed by atoms with E-state index < -0.39 is 0 Å². The van der Waals surface area contributed by atoms with Crippen molar-refractivity contribution in [2.45, 2.75) is 13.5 Å². The maximum absolute atomic E-state index is 12.7. The molecule has 8 heteroatoms. The largest absolute Gasteiger partial charge is 0.497 e. The Hall–Kier alpha value is -3.16. The van der Waals surface area contributed by atoms with Crippen LogP contribution in [0.2, 0.25) is 0 Å². The van der Waals surface area contributed by atoms with Crippen molar-refractivity contribution in [3.8, 4) is 5.75 Å². The molecule has 0 saturated carbocycles. The molecule has 1 aromatic heterocycles. The number of rotatable bonds is 6. The van der Waals surface area contributed by atoms with E-state index in [2.05, 4.69) is 15.3 Å². The Morgan fingerprint density at radius 1 is 1.19 bits per heavy atom. The number of nitrogens with zero attached hydrogens (tertiary/aromatic N) is 4. The minimum Gasteiger partial charge on any atom is -0.497 e. The summed E-state index contributed by atoms with van der Waals surface area (Å²) in [5, 5.41) is 3.24. The van der Waals surface area contributed by atoms with Gasteiger partial charge in [-0.25, -0.2) is 9.97 Å². The van der Waals surface area contributed by atoms with Crippen molar-refractivity contribution in [1.29, 1.82) is 0 Å². The van der Waals surface area contributed by atoms with E-state index in [1.54, 1.807) is 29.9 Å². The molecule has 1 aliphatic heterocycles. The quantitative estimate of drug-likeness (QED) is 0.773. The van der Waals surface area contributed by atoms with Crippen LogP contribution in [-0.4, -0.2) is 65.4 Å². The number of hydrogen-bond donors (Lipinski definition) is 1. The van der Waals surface area contributed by atoms with Crippen LogP contribution in [0.3, 0.4) is 0 Å². The fraction of sp³-hybridized carbons (Fsp3) is 0.368. The molecular weight excluding hydrogens is 346 g/mol. The lowest BCUT2D eigenvalue weighted by molar-refractivity contribution is -0.119. The molecule has 1 N–H and O–H groups in total. The van der Waals surface area contributed by atoms with Crippen LogP contribution in [0.4, 0.5) is 5.82 Å². The Kier molecular flexibility index (Phi) is 5.85. The molecule has 0 bridgehead atoms. The molecule has 0 spiro atoms. The number of methoxy groups -OCH3 is 1. The van der Waals surface area contributed by atoms with Gasteiger partial charge in [-0.05, 0) is 24.6 Å². The van der Waals surface area contributed by atoms with Crippen LogP contribution in [0.1, 0.15) is 21.9 Å². The van der Waals surface area contributed by atoms with Crippen molar-refractivity contribution in [2.75, 3.05) is 38.6 Å². The Morgan fingerprint density at radius 3 is 2.52 bits per heavy atom. The Labute approximate surface area is 158 Å². The van der Waals surface area contributed by atoms with Gasteiger partial charge in [-0.2, -0.15) is 0 Å². The monoisotopic (exact) mass is 369 g/mol. The molecule has 1 saturated heterocycles. The number of anilines is 1. The first-order valence-corrected chi connectivity index (χ1v) is 8.80. The third-order valence-corrected chi connectivity index (χ3v) is 4.44. The van der Waals surface area contributed by atoms with E-state index in [4.69, 9.17) is 4.74 Å². The molecule has 2 aromatic rings. The van der Waals surface area contributed by atoms with E-state index in [1.165, 1.54) is 0 Å². The number of aromatic nitrogens is 2. The molecule has 1 aromatic carbocycles. The summed E-state index contributed by atoms with van der Waals surface area (Å²) in [7, 11) is 1.63. The summed E-state index contributed by atoms with van der Waals surface area (Å²) < 4.78 is 5.16. The molecular formula is C19H23N5O3. The van der Waals surface area contributed by atoms with Gasteiger partial charge in [0.2, 0.25) is 6.41 Å².